The van der Waals surface area contributed by atoms with Crippen LogP contribution in [0.2, 0.25) is 5.02 Å². The zero-order valence-corrected chi connectivity index (χ0v) is 12.2. The van der Waals surface area contributed by atoms with Crippen molar-refractivity contribution >= 4 is 34.0 Å². The van der Waals surface area contributed by atoms with E-state index in [9.17, 15) is 0 Å². The third kappa shape index (κ3) is 2.45. The highest BCUT2D eigenvalue weighted by Gasteiger charge is 2.24. The lowest BCUT2D eigenvalue weighted by Crippen LogP contribution is -2.13. The fraction of sp³-hybridized carbons (Fsp3) is 0.385. The Hall–Kier alpha value is -1.17. The first-order valence-electron chi connectivity index (χ1n) is 6.16. The summed E-state index contributed by atoms with van der Waals surface area (Å²) in [5.74, 6) is 0.845. The highest BCUT2D eigenvalue weighted by atomic mass is 35.5. The van der Waals surface area contributed by atoms with Crippen molar-refractivity contribution < 1.29 is 4.74 Å². The molecule has 6 heteroatoms. The van der Waals surface area contributed by atoms with E-state index in [1.54, 1.807) is 7.11 Å². The Morgan fingerprint density at radius 1 is 1.47 bits per heavy atom. The first-order valence-corrected chi connectivity index (χ1v) is 7.31. The predicted molar refractivity (Wildman–Crippen MR) is 77.7 cm³/mol. The molecule has 0 fully saturated rings. The largest absolute Gasteiger partial charge is 0.384 e. The van der Waals surface area contributed by atoms with Crippen LogP contribution in [-0.4, -0.2) is 29.6 Å². The van der Waals surface area contributed by atoms with Crippen molar-refractivity contribution in [1.29, 1.82) is 0 Å². The van der Waals surface area contributed by atoms with Gasteiger partial charge in [-0.2, -0.15) is 4.37 Å². The van der Waals surface area contributed by atoms with E-state index in [0.717, 1.165) is 41.1 Å². The summed E-state index contributed by atoms with van der Waals surface area (Å²) >= 11 is 7.65. The molecule has 0 N–H and O–H groups in total. The standard InChI is InChI=1S/C13H14ClN3OS/c1-18-8-6-12-15-13(19-16-12)17-7-5-9-10(14)3-2-4-11(9)17/h2-4H,5-8H2,1H3. The van der Waals surface area contributed by atoms with E-state index < -0.39 is 0 Å². The number of fused-ring (bicyclic) bond motifs is 1. The van der Waals surface area contributed by atoms with E-state index in [1.165, 1.54) is 17.1 Å². The van der Waals surface area contributed by atoms with E-state index in [-0.39, 0.29) is 0 Å². The quantitative estimate of drug-likeness (QED) is 0.869. The molecule has 2 aromatic rings. The van der Waals surface area contributed by atoms with Crippen LogP contribution in [0, 0.1) is 0 Å². The molecule has 1 aromatic carbocycles. The molecule has 0 unspecified atom stereocenters. The first kappa shape index (κ1) is 12.8. The van der Waals surface area contributed by atoms with Crippen molar-refractivity contribution in [1.82, 2.24) is 9.36 Å². The topological polar surface area (TPSA) is 38.2 Å². The van der Waals surface area contributed by atoms with Gasteiger partial charge in [0.2, 0.25) is 5.13 Å². The maximum atomic E-state index is 6.22. The molecule has 100 valence electrons. The van der Waals surface area contributed by atoms with Crippen LogP contribution in [0.1, 0.15) is 11.4 Å². The average Bonchev–Trinajstić information content (AvgIpc) is 3.02. The second-order valence-corrected chi connectivity index (χ2v) is 5.51. The number of nitrogens with zero attached hydrogens (tertiary/aromatic N) is 3. The van der Waals surface area contributed by atoms with Crippen molar-refractivity contribution in [3.05, 3.63) is 34.6 Å². The third-order valence-electron chi connectivity index (χ3n) is 3.19. The van der Waals surface area contributed by atoms with Gasteiger partial charge < -0.3 is 9.64 Å². The van der Waals surface area contributed by atoms with Crippen molar-refractivity contribution in [2.24, 2.45) is 0 Å². The third-order valence-corrected chi connectivity index (χ3v) is 4.32. The molecule has 0 atom stereocenters. The van der Waals surface area contributed by atoms with Crippen LogP contribution in [0.15, 0.2) is 18.2 Å². The minimum atomic E-state index is 0.651. The summed E-state index contributed by atoms with van der Waals surface area (Å²) in [5.41, 5.74) is 2.36. The number of hydrogen-bond acceptors (Lipinski definition) is 5. The predicted octanol–water partition coefficient (Wildman–Crippen LogP) is 3.07. The van der Waals surface area contributed by atoms with Gasteiger partial charge in [0.1, 0.15) is 5.82 Å². The zero-order valence-electron chi connectivity index (χ0n) is 10.6. The molecule has 1 aliphatic rings. The van der Waals surface area contributed by atoms with Gasteiger partial charge in [-0.1, -0.05) is 17.7 Å². The first-order chi connectivity index (χ1) is 9.29. The minimum absolute atomic E-state index is 0.651. The Bertz CT molecular complexity index is 587. The normalized spacial score (nSPS) is 13.9. The molecule has 3 rings (SSSR count). The molecule has 0 saturated heterocycles. The van der Waals surface area contributed by atoms with E-state index in [1.807, 2.05) is 12.1 Å². The monoisotopic (exact) mass is 295 g/mol. The molecular weight excluding hydrogens is 282 g/mol. The molecule has 1 aromatic heterocycles. The molecule has 1 aliphatic heterocycles. The molecule has 19 heavy (non-hydrogen) atoms. The summed E-state index contributed by atoms with van der Waals surface area (Å²) in [6.07, 6.45) is 1.71. The molecule has 0 bridgehead atoms. The number of benzene rings is 1. The summed E-state index contributed by atoms with van der Waals surface area (Å²) in [6.45, 7) is 1.57. The molecule has 4 nitrogen and oxygen atoms in total. The number of methoxy groups -OCH3 is 1. The van der Waals surface area contributed by atoms with E-state index in [4.69, 9.17) is 16.3 Å². The molecule has 0 spiro atoms. The molecule has 0 radical (unpaired) electrons. The van der Waals surface area contributed by atoms with Gasteiger partial charge in [0.15, 0.2) is 0 Å². The van der Waals surface area contributed by atoms with E-state index in [0.29, 0.717) is 6.61 Å². The zero-order chi connectivity index (χ0) is 13.2. The van der Waals surface area contributed by atoms with Crippen LogP contribution in [-0.2, 0) is 17.6 Å². The fourth-order valence-electron chi connectivity index (χ4n) is 2.24. The average molecular weight is 296 g/mol. The highest BCUT2D eigenvalue weighted by molar-refractivity contribution is 7.09. The maximum absolute atomic E-state index is 6.22. The molecule has 0 aliphatic carbocycles. The summed E-state index contributed by atoms with van der Waals surface area (Å²) in [4.78, 5) is 6.76. The van der Waals surface area contributed by atoms with E-state index in [2.05, 4.69) is 20.3 Å². The summed E-state index contributed by atoms with van der Waals surface area (Å²) < 4.78 is 9.42. The van der Waals surface area contributed by atoms with Gasteiger partial charge in [0, 0.05) is 42.3 Å². The van der Waals surface area contributed by atoms with Crippen molar-refractivity contribution in [3.8, 4) is 0 Å². The van der Waals surface area contributed by atoms with Crippen LogP contribution >= 0.6 is 23.1 Å². The lowest BCUT2D eigenvalue weighted by molar-refractivity contribution is 0.201. The van der Waals surface area contributed by atoms with Crippen LogP contribution in [0.3, 0.4) is 0 Å². The number of ether oxygens (including phenoxy) is 1. The van der Waals surface area contributed by atoms with Crippen molar-refractivity contribution in [3.63, 3.8) is 0 Å². The Labute approximate surface area is 121 Å². The number of rotatable bonds is 4. The van der Waals surface area contributed by atoms with Gasteiger partial charge in [-0.3, -0.25) is 0 Å². The second-order valence-electron chi connectivity index (χ2n) is 4.38. The van der Waals surface area contributed by atoms with Crippen molar-refractivity contribution in [2.75, 3.05) is 25.2 Å². The second kappa shape index (κ2) is 5.45. The Kier molecular flexibility index (Phi) is 3.68. The Balaban J connectivity index is 1.85. The van der Waals surface area contributed by atoms with Crippen LogP contribution in [0.5, 0.6) is 0 Å². The molecule has 0 amide bonds. The van der Waals surface area contributed by atoms with Gasteiger partial charge in [-0.05, 0) is 24.1 Å². The number of anilines is 2. The Morgan fingerprint density at radius 3 is 3.21 bits per heavy atom. The maximum Gasteiger partial charge on any atom is 0.209 e. The Morgan fingerprint density at radius 2 is 2.37 bits per heavy atom. The number of hydrogen-bond donors (Lipinski definition) is 0. The van der Waals surface area contributed by atoms with Crippen molar-refractivity contribution in [2.45, 2.75) is 12.8 Å². The van der Waals surface area contributed by atoms with Crippen LogP contribution in [0.25, 0.3) is 0 Å². The lowest BCUT2D eigenvalue weighted by Gasteiger charge is -2.14. The van der Waals surface area contributed by atoms with Gasteiger partial charge in [0.05, 0.1) is 6.61 Å². The van der Waals surface area contributed by atoms with Gasteiger partial charge >= 0.3 is 0 Å². The molecule has 2 heterocycles. The van der Waals surface area contributed by atoms with Gasteiger partial charge in [0.25, 0.3) is 0 Å². The smallest absolute Gasteiger partial charge is 0.209 e. The number of halogens is 1. The highest BCUT2D eigenvalue weighted by Crippen LogP contribution is 2.38. The molecule has 0 saturated carbocycles. The SMILES string of the molecule is COCCc1nsc(N2CCc3c(Cl)cccc32)n1. The summed E-state index contributed by atoms with van der Waals surface area (Å²) in [5, 5.41) is 1.77. The van der Waals surface area contributed by atoms with Crippen LogP contribution < -0.4 is 4.90 Å². The number of aromatic nitrogens is 2. The lowest BCUT2D eigenvalue weighted by atomic mass is 10.2. The minimum Gasteiger partial charge on any atom is -0.384 e. The van der Waals surface area contributed by atoms with Gasteiger partial charge in [-0.15, -0.1) is 0 Å². The fourth-order valence-corrected chi connectivity index (χ4v) is 3.26. The molecular formula is C13H14ClN3OS. The van der Waals surface area contributed by atoms with E-state index >= 15 is 0 Å². The van der Waals surface area contributed by atoms with Gasteiger partial charge in [-0.25, -0.2) is 4.98 Å². The van der Waals surface area contributed by atoms with Crippen LogP contribution in [0.4, 0.5) is 10.8 Å². The summed E-state index contributed by atoms with van der Waals surface area (Å²) in [6, 6.07) is 6.00. The summed E-state index contributed by atoms with van der Waals surface area (Å²) in [7, 11) is 1.69.